The quantitative estimate of drug-likeness (QED) is 0.271. The summed E-state index contributed by atoms with van der Waals surface area (Å²) >= 11 is 0. The maximum absolute atomic E-state index is 12.7. The maximum Gasteiger partial charge on any atom is 0.348 e. The van der Waals surface area contributed by atoms with Crippen LogP contribution in [0.25, 0.3) is 10.8 Å². The molecule has 2 heterocycles. The van der Waals surface area contributed by atoms with E-state index in [4.69, 9.17) is 11.1 Å². The molecule has 2 aromatic carbocycles. The number of benzene rings is 2. The van der Waals surface area contributed by atoms with Gasteiger partial charge in [-0.05, 0) is 47.9 Å². The van der Waals surface area contributed by atoms with Crippen LogP contribution >= 0.6 is 0 Å². The SMILES string of the molecule is C.NC(=[NH2+])c1ccc2cc(CC(=O)c3ccc(N4CC(C=O)=NC4=O)cc3)ncc2c1. The van der Waals surface area contributed by atoms with Crippen molar-refractivity contribution in [1.29, 1.82) is 0 Å². The molecule has 8 heteroatoms. The second kappa shape index (κ2) is 8.66. The fourth-order valence-corrected chi connectivity index (χ4v) is 3.27. The molecule has 8 nitrogen and oxygen atoms in total. The van der Waals surface area contributed by atoms with E-state index in [2.05, 4.69) is 9.98 Å². The summed E-state index contributed by atoms with van der Waals surface area (Å²) in [6.45, 7) is 0.131. The largest absolute Gasteiger partial charge is 0.348 e. The van der Waals surface area contributed by atoms with Crippen LogP contribution in [0.3, 0.4) is 0 Å². The molecule has 0 aliphatic carbocycles. The minimum Gasteiger partial charge on any atom is -0.296 e. The van der Waals surface area contributed by atoms with Crippen LogP contribution in [-0.2, 0) is 11.2 Å². The zero-order chi connectivity index (χ0) is 21.3. The van der Waals surface area contributed by atoms with Gasteiger partial charge in [-0.25, -0.2) is 4.79 Å². The number of fused-ring (bicyclic) bond motifs is 1. The van der Waals surface area contributed by atoms with Crippen LogP contribution in [-0.4, -0.2) is 41.2 Å². The number of hydrogen-bond donors (Lipinski definition) is 2. The van der Waals surface area contributed by atoms with Gasteiger partial charge in [-0.1, -0.05) is 13.5 Å². The molecule has 31 heavy (non-hydrogen) atoms. The van der Waals surface area contributed by atoms with E-state index >= 15 is 0 Å². The number of carbonyl (C=O) groups excluding carboxylic acids is 3. The number of pyridine rings is 1. The molecule has 1 aromatic heterocycles. The maximum atomic E-state index is 12.7. The molecule has 0 atom stereocenters. The van der Waals surface area contributed by atoms with Gasteiger partial charge in [-0.15, -0.1) is 0 Å². The lowest BCUT2D eigenvalue weighted by atomic mass is 10.0. The molecule has 0 spiro atoms. The van der Waals surface area contributed by atoms with E-state index in [-0.39, 0.29) is 37.7 Å². The van der Waals surface area contributed by atoms with Crippen LogP contribution in [0.4, 0.5) is 10.5 Å². The molecule has 0 unspecified atom stereocenters. The monoisotopic (exact) mass is 416 g/mol. The Labute approximate surface area is 178 Å². The van der Waals surface area contributed by atoms with Gasteiger partial charge in [0.25, 0.3) is 5.84 Å². The van der Waals surface area contributed by atoms with Gasteiger partial charge in [0.05, 0.1) is 18.5 Å². The molecule has 0 saturated heterocycles. The first-order valence-corrected chi connectivity index (χ1v) is 9.19. The number of Topliss-reactive ketones (excluding diaryl/α,β-unsaturated/α-hetero) is 1. The van der Waals surface area contributed by atoms with E-state index in [1.54, 1.807) is 30.5 Å². The minimum atomic E-state index is -0.492. The van der Waals surface area contributed by atoms with Crippen molar-refractivity contribution in [3.05, 3.63) is 71.5 Å². The molecule has 1 aliphatic rings. The topological polar surface area (TPSA) is 131 Å². The fraction of sp³-hybridized carbons (Fsp3) is 0.130. The molecule has 156 valence electrons. The van der Waals surface area contributed by atoms with Crippen molar-refractivity contribution in [1.82, 2.24) is 4.98 Å². The highest BCUT2D eigenvalue weighted by atomic mass is 16.2. The van der Waals surface area contributed by atoms with Gasteiger partial charge < -0.3 is 0 Å². The summed E-state index contributed by atoms with van der Waals surface area (Å²) in [6, 6.07) is 13.6. The zero-order valence-electron chi connectivity index (χ0n) is 15.9. The number of anilines is 1. The van der Waals surface area contributed by atoms with E-state index in [0.29, 0.717) is 23.2 Å². The summed E-state index contributed by atoms with van der Waals surface area (Å²) in [7, 11) is 0. The van der Waals surface area contributed by atoms with Crippen LogP contribution in [0, 0.1) is 0 Å². The average molecular weight is 416 g/mol. The number of rotatable bonds is 6. The Morgan fingerprint density at radius 3 is 2.45 bits per heavy atom. The zero-order valence-corrected chi connectivity index (χ0v) is 15.9. The molecule has 0 saturated carbocycles. The van der Waals surface area contributed by atoms with Crippen LogP contribution in [0.5, 0.6) is 0 Å². The number of carbonyl (C=O) groups is 3. The summed E-state index contributed by atoms with van der Waals surface area (Å²) in [5.41, 5.74) is 8.26. The van der Waals surface area contributed by atoms with Gasteiger partial charge >= 0.3 is 6.03 Å². The predicted octanol–water partition coefficient (Wildman–Crippen LogP) is 1.34. The molecule has 2 amide bonds. The number of hydrogen-bond acceptors (Lipinski definition) is 4. The molecule has 0 fully saturated rings. The molecule has 4 rings (SSSR count). The van der Waals surface area contributed by atoms with Crippen LogP contribution in [0.2, 0.25) is 0 Å². The molecule has 0 radical (unpaired) electrons. The number of urea groups is 1. The van der Waals surface area contributed by atoms with Crippen LogP contribution in [0.1, 0.15) is 29.0 Å². The average Bonchev–Trinajstić information content (AvgIpc) is 3.14. The van der Waals surface area contributed by atoms with Gasteiger partial charge in [0.2, 0.25) is 0 Å². The van der Waals surface area contributed by atoms with Crippen LogP contribution in [0.15, 0.2) is 59.7 Å². The Bertz CT molecular complexity index is 1230. The molecule has 4 N–H and O–H groups in total. The lowest BCUT2D eigenvalue weighted by molar-refractivity contribution is -0.114. The van der Waals surface area contributed by atoms with Gasteiger partial charge in [-0.3, -0.25) is 30.6 Å². The molecule has 0 bridgehead atoms. The highest BCUT2D eigenvalue weighted by Crippen LogP contribution is 2.21. The molecule has 1 aliphatic heterocycles. The first-order chi connectivity index (χ1) is 14.4. The lowest BCUT2D eigenvalue weighted by Crippen LogP contribution is -2.46. The number of aldehydes is 1. The number of aromatic nitrogens is 1. The van der Waals surface area contributed by atoms with E-state index in [1.807, 2.05) is 24.3 Å². The van der Waals surface area contributed by atoms with Gasteiger partial charge in [-0.2, -0.15) is 4.99 Å². The third-order valence-electron chi connectivity index (χ3n) is 4.88. The van der Waals surface area contributed by atoms with Gasteiger partial charge in [0, 0.05) is 28.5 Å². The van der Waals surface area contributed by atoms with Crippen molar-refractivity contribution < 1.29 is 19.8 Å². The Balaban J connectivity index is 0.00000272. The number of amidine groups is 1. The first-order valence-electron chi connectivity index (χ1n) is 9.19. The minimum absolute atomic E-state index is 0. The van der Waals surface area contributed by atoms with E-state index in [9.17, 15) is 14.4 Å². The van der Waals surface area contributed by atoms with Crippen LogP contribution < -0.4 is 16.0 Å². The summed E-state index contributed by atoms with van der Waals surface area (Å²) in [4.78, 5) is 44.7. The number of nitrogens with two attached hydrogens (primary N) is 2. The number of nitrogens with zero attached hydrogens (tertiary/aromatic N) is 3. The Kier molecular flexibility index (Phi) is 6.01. The van der Waals surface area contributed by atoms with Crippen molar-refractivity contribution in [3.63, 3.8) is 0 Å². The fourth-order valence-electron chi connectivity index (χ4n) is 3.27. The summed E-state index contributed by atoms with van der Waals surface area (Å²) in [5, 5.41) is 7.44. The summed E-state index contributed by atoms with van der Waals surface area (Å²) in [5.74, 6) is 0.145. The standard InChI is InChI=1S/C22H17N5O3.CH4/c23-21(24)15-2-1-14-8-17(25-10-16(14)7-15)9-20(29)13-3-5-19(6-4-13)27-11-18(12-28)26-22(27)30;/h1-8,10,12H,9,11H2,(H3,23,24);1H4/p+1. The van der Waals surface area contributed by atoms with Crippen molar-refractivity contribution in [2.75, 3.05) is 11.4 Å². The van der Waals surface area contributed by atoms with E-state index < -0.39 is 6.03 Å². The second-order valence-corrected chi connectivity index (χ2v) is 6.93. The smallest absolute Gasteiger partial charge is 0.296 e. The number of amides is 2. The highest BCUT2D eigenvalue weighted by Gasteiger charge is 2.24. The van der Waals surface area contributed by atoms with Crippen molar-refractivity contribution in [3.8, 4) is 0 Å². The van der Waals surface area contributed by atoms with Gasteiger partial charge in [0.1, 0.15) is 5.71 Å². The second-order valence-electron chi connectivity index (χ2n) is 6.93. The lowest BCUT2D eigenvalue weighted by Gasteiger charge is -2.14. The van der Waals surface area contributed by atoms with E-state index in [0.717, 1.165) is 16.3 Å². The third kappa shape index (κ3) is 4.37. The summed E-state index contributed by atoms with van der Waals surface area (Å²) in [6.07, 6.45) is 2.40. The number of ketones is 1. The molecular weight excluding hydrogens is 394 g/mol. The first kappa shape index (κ1) is 21.5. The normalized spacial score (nSPS) is 13.0. The van der Waals surface area contributed by atoms with Gasteiger partial charge in [0.15, 0.2) is 12.1 Å². The highest BCUT2D eigenvalue weighted by molar-refractivity contribution is 6.36. The van der Waals surface area contributed by atoms with E-state index in [1.165, 1.54) is 4.90 Å². The predicted molar refractivity (Wildman–Crippen MR) is 119 cm³/mol. The summed E-state index contributed by atoms with van der Waals surface area (Å²) < 4.78 is 0. The Morgan fingerprint density at radius 2 is 1.81 bits per heavy atom. The molecular formula is C23H22N5O3+. The van der Waals surface area contributed by atoms with Crippen molar-refractivity contribution >= 4 is 46.1 Å². The third-order valence-corrected chi connectivity index (χ3v) is 4.88. The Morgan fingerprint density at radius 1 is 1.10 bits per heavy atom. The number of aliphatic imine (C=N–C) groups is 1. The van der Waals surface area contributed by atoms with Crippen molar-refractivity contribution in [2.45, 2.75) is 13.8 Å². The Hall–Kier alpha value is -4.20. The van der Waals surface area contributed by atoms with Crippen molar-refractivity contribution in [2.24, 2.45) is 10.7 Å². The molecule has 3 aromatic rings.